The van der Waals surface area contributed by atoms with Crippen LogP contribution in [0.25, 0.3) is 0 Å². The molecule has 0 unspecified atom stereocenters. The molecule has 0 aromatic heterocycles. The summed E-state index contributed by atoms with van der Waals surface area (Å²) in [7, 11) is 0. The Morgan fingerprint density at radius 2 is 1.50 bits per heavy atom. The van der Waals surface area contributed by atoms with Gasteiger partial charge in [0.25, 0.3) is 0 Å². The molecule has 3 nitrogen and oxygen atoms in total. The Bertz CT molecular complexity index is 375. The first kappa shape index (κ1) is 16.5. The number of urea groups is 1. The molecule has 3 heteroatoms. The lowest BCUT2D eigenvalue weighted by Gasteiger charge is -2.24. The van der Waals surface area contributed by atoms with Gasteiger partial charge in [-0.15, -0.1) is 0 Å². The molecule has 0 saturated heterocycles. The van der Waals surface area contributed by atoms with Crippen molar-refractivity contribution in [3.05, 3.63) is 30.3 Å². The van der Waals surface area contributed by atoms with Crippen LogP contribution in [0, 0.1) is 11.8 Å². The van der Waals surface area contributed by atoms with Gasteiger partial charge in [0.1, 0.15) is 0 Å². The summed E-state index contributed by atoms with van der Waals surface area (Å²) in [6, 6.07) is 9.66. The fourth-order valence-electron chi connectivity index (χ4n) is 1.87. The van der Waals surface area contributed by atoms with E-state index in [1.54, 1.807) is 0 Å². The third-order valence-corrected chi connectivity index (χ3v) is 3.27. The van der Waals surface area contributed by atoms with Crippen LogP contribution < -0.4 is 5.32 Å². The van der Waals surface area contributed by atoms with Gasteiger partial charge in [-0.1, -0.05) is 45.9 Å². The van der Waals surface area contributed by atoms with Crippen molar-refractivity contribution in [2.24, 2.45) is 11.8 Å². The highest BCUT2D eigenvalue weighted by atomic mass is 16.2. The highest BCUT2D eigenvalue weighted by Crippen LogP contribution is 2.10. The van der Waals surface area contributed by atoms with E-state index in [-0.39, 0.29) is 6.03 Å². The number of hydrogen-bond donors (Lipinski definition) is 1. The van der Waals surface area contributed by atoms with Crippen molar-refractivity contribution in [3.8, 4) is 0 Å². The molecule has 0 bridgehead atoms. The van der Waals surface area contributed by atoms with Crippen LogP contribution in [0.1, 0.15) is 40.5 Å². The zero-order valence-corrected chi connectivity index (χ0v) is 13.2. The minimum Gasteiger partial charge on any atom is -0.325 e. The SMILES string of the molecule is CC(C)CCN(CCC(C)C)C(=O)Nc1ccccc1. The summed E-state index contributed by atoms with van der Waals surface area (Å²) in [4.78, 5) is 14.3. The molecule has 112 valence electrons. The van der Waals surface area contributed by atoms with E-state index in [1.807, 2.05) is 35.2 Å². The predicted octanol–water partition coefficient (Wildman–Crippen LogP) is 4.61. The molecule has 2 amide bonds. The van der Waals surface area contributed by atoms with Crippen LogP contribution in [-0.4, -0.2) is 24.0 Å². The molecule has 0 aliphatic carbocycles. The van der Waals surface area contributed by atoms with Crippen molar-refractivity contribution in [1.82, 2.24) is 4.90 Å². The largest absolute Gasteiger partial charge is 0.325 e. The Kier molecular flexibility index (Phi) is 7.13. The lowest BCUT2D eigenvalue weighted by Crippen LogP contribution is -2.37. The van der Waals surface area contributed by atoms with E-state index in [2.05, 4.69) is 33.0 Å². The third kappa shape index (κ3) is 6.60. The van der Waals surface area contributed by atoms with Gasteiger partial charge in [0, 0.05) is 18.8 Å². The third-order valence-electron chi connectivity index (χ3n) is 3.27. The average molecular weight is 276 g/mol. The number of nitrogens with one attached hydrogen (secondary N) is 1. The predicted molar refractivity (Wildman–Crippen MR) is 85.9 cm³/mol. The monoisotopic (exact) mass is 276 g/mol. The number of hydrogen-bond acceptors (Lipinski definition) is 1. The van der Waals surface area contributed by atoms with E-state index in [4.69, 9.17) is 0 Å². The van der Waals surface area contributed by atoms with Crippen LogP contribution in [0.2, 0.25) is 0 Å². The highest BCUT2D eigenvalue weighted by molar-refractivity contribution is 5.89. The summed E-state index contributed by atoms with van der Waals surface area (Å²) < 4.78 is 0. The molecule has 1 N–H and O–H groups in total. The van der Waals surface area contributed by atoms with Crippen LogP contribution in [0.5, 0.6) is 0 Å². The zero-order chi connectivity index (χ0) is 15.0. The second-order valence-corrected chi connectivity index (χ2v) is 6.15. The molecular formula is C17H28N2O. The van der Waals surface area contributed by atoms with E-state index >= 15 is 0 Å². The zero-order valence-electron chi connectivity index (χ0n) is 13.2. The van der Waals surface area contributed by atoms with E-state index in [0.29, 0.717) is 11.8 Å². The van der Waals surface area contributed by atoms with Gasteiger partial charge in [0.2, 0.25) is 0 Å². The molecule has 0 spiro atoms. The highest BCUT2D eigenvalue weighted by Gasteiger charge is 2.14. The first-order valence-electron chi connectivity index (χ1n) is 7.60. The minimum absolute atomic E-state index is 0.0116. The number of benzene rings is 1. The Hall–Kier alpha value is -1.51. The molecule has 20 heavy (non-hydrogen) atoms. The molecule has 0 fully saturated rings. The van der Waals surface area contributed by atoms with Crippen LogP contribution in [0.3, 0.4) is 0 Å². The molecule has 1 aromatic carbocycles. The normalized spacial score (nSPS) is 10.9. The quantitative estimate of drug-likeness (QED) is 0.774. The summed E-state index contributed by atoms with van der Waals surface area (Å²) in [5.41, 5.74) is 0.858. The number of carbonyl (C=O) groups excluding carboxylic acids is 1. The second kappa shape index (κ2) is 8.62. The number of rotatable bonds is 7. The van der Waals surface area contributed by atoms with Gasteiger partial charge in [-0.2, -0.15) is 0 Å². The van der Waals surface area contributed by atoms with E-state index in [0.717, 1.165) is 31.6 Å². The minimum atomic E-state index is 0.0116. The molecule has 1 rings (SSSR count). The van der Waals surface area contributed by atoms with Gasteiger partial charge in [0.05, 0.1) is 0 Å². The van der Waals surface area contributed by atoms with Gasteiger partial charge in [-0.05, 0) is 36.8 Å². The van der Waals surface area contributed by atoms with Crippen molar-refractivity contribution < 1.29 is 4.79 Å². The second-order valence-electron chi connectivity index (χ2n) is 6.15. The molecule has 1 aromatic rings. The lowest BCUT2D eigenvalue weighted by atomic mass is 10.1. The maximum Gasteiger partial charge on any atom is 0.321 e. The van der Waals surface area contributed by atoms with Crippen molar-refractivity contribution in [2.45, 2.75) is 40.5 Å². The topological polar surface area (TPSA) is 32.3 Å². The summed E-state index contributed by atoms with van der Waals surface area (Å²) in [6.07, 6.45) is 2.08. The first-order valence-corrected chi connectivity index (χ1v) is 7.60. The number of nitrogens with zero attached hydrogens (tertiary/aromatic N) is 1. The van der Waals surface area contributed by atoms with Crippen LogP contribution in [0.15, 0.2) is 30.3 Å². The number of anilines is 1. The molecule has 0 aliphatic rings. The molecule has 0 heterocycles. The van der Waals surface area contributed by atoms with Crippen molar-refractivity contribution in [3.63, 3.8) is 0 Å². The van der Waals surface area contributed by atoms with Crippen molar-refractivity contribution in [1.29, 1.82) is 0 Å². The Morgan fingerprint density at radius 3 is 1.95 bits per heavy atom. The summed E-state index contributed by atoms with van der Waals surface area (Å²) >= 11 is 0. The van der Waals surface area contributed by atoms with Gasteiger partial charge in [-0.25, -0.2) is 4.79 Å². The first-order chi connectivity index (χ1) is 9.49. The number of amides is 2. The lowest BCUT2D eigenvalue weighted by molar-refractivity contribution is 0.205. The Labute approximate surface area is 123 Å². The Morgan fingerprint density at radius 1 is 1.00 bits per heavy atom. The maximum atomic E-state index is 12.4. The fraction of sp³-hybridized carbons (Fsp3) is 0.588. The smallest absolute Gasteiger partial charge is 0.321 e. The maximum absolute atomic E-state index is 12.4. The summed E-state index contributed by atoms with van der Waals surface area (Å²) in [5.74, 6) is 1.22. The van der Waals surface area contributed by atoms with Gasteiger partial charge in [0.15, 0.2) is 0 Å². The van der Waals surface area contributed by atoms with Gasteiger partial charge >= 0.3 is 6.03 Å². The van der Waals surface area contributed by atoms with E-state index < -0.39 is 0 Å². The number of carbonyl (C=O) groups is 1. The number of para-hydroxylation sites is 1. The summed E-state index contributed by atoms with van der Waals surface area (Å²) in [6.45, 7) is 10.4. The van der Waals surface area contributed by atoms with E-state index in [1.165, 1.54) is 0 Å². The molecule has 0 aliphatic heterocycles. The standard InChI is InChI=1S/C17H28N2O/c1-14(2)10-12-19(13-11-15(3)4)17(20)18-16-8-6-5-7-9-16/h5-9,14-15H,10-13H2,1-4H3,(H,18,20). The van der Waals surface area contributed by atoms with Crippen LogP contribution in [-0.2, 0) is 0 Å². The summed E-state index contributed by atoms with van der Waals surface area (Å²) in [5, 5.41) is 2.98. The van der Waals surface area contributed by atoms with Crippen molar-refractivity contribution in [2.75, 3.05) is 18.4 Å². The van der Waals surface area contributed by atoms with Crippen LogP contribution >= 0.6 is 0 Å². The molecule has 0 radical (unpaired) electrons. The fourth-order valence-corrected chi connectivity index (χ4v) is 1.87. The Balaban J connectivity index is 2.58. The van der Waals surface area contributed by atoms with E-state index in [9.17, 15) is 4.79 Å². The van der Waals surface area contributed by atoms with Gasteiger partial charge < -0.3 is 10.2 Å². The van der Waals surface area contributed by atoms with Gasteiger partial charge in [-0.3, -0.25) is 0 Å². The average Bonchev–Trinajstić information content (AvgIpc) is 2.39. The molecule has 0 saturated carbocycles. The van der Waals surface area contributed by atoms with Crippen molar-refractivity contribution >= 4 is 11.7 Å². The molecular weight excluding hydrogens is 248 g/mol. The molecule has 0 atom stereocenters. The van der Waals surface area contributed by atoms with Crippen LogP contribution in [0.4, 0.5) is 10.5 Å².